The number of nitrogens with zero attached hydrogens (tertiary/aromatic N) is 3. The van der Waals surface area contributed by atoms with Gasteiger partial charge >= 0.3 is 0 Å². The molecule has 32 heavy (non-hydrogen) atoms. The predicted molar refractivity (Wildman–Crippen MR) is 124 cm³/mol. The first-order valence-electron chi connectivity index (χ1n) is 10.1. The lowest BCUT2D eigenvalue weighted by molar-refractivity contribution is -0.113. The fraction of sp³-hybridized carbons (Fsp3) is 0.304. The van der Waals surface area contributed by atoms with E-state index < -0.39 is 0 Å². The minimum atomic E-state index is -0.264. The Morgan fingerprint density at radius 3 is 2.09 bits per heavy atom. The van der Waals surface area contributed by atoms with Gasteiger partial charge in [0, 0.05) is 31.9 Å². The summed E-state index contributed by atoms with van der Waals surface area (Å²) < 4.78 is 29.3. The zero-order chi connectivity index (χ0) is 22.7. The van der Waals surface area contributed by atoms with Crippen molar-refractivity contribution in [2.24, 2.45) is 4.99 Å². The molecule has 0 aromatic heterocycles. The number of methoxy groups -OCH3 is 3. The Hall–Kier alpha value is -3.20. The second kappa shape index (κ2) is 9.52. The summed E-state index contributed by atoms with van der Waals surface area (Å²) in [5.74, 6) is 1.03. The van der Waals surface area contributed by atoms with Gasteiger partial charge in [0.25, 0.3) is 5.91 Å². The molecule has 2 aromatic rings. The topological polar surface area (TPSA) is 63.6 Å². The van der Waals surface area contributed by atoms with Crippen LogP contribution in [0, 0.1) is 5.82 Å². The first-order chi connectivity index (χ1) is 15.5. The summed E-state index contributed by atoms with van der Waals surface area (Å²) >= 11 is 1.36. The summed E-state index contributed by atoms with van der Waals surface area (Å²) in [4.78, 5) is 21.7. The van der Waals surface area contributed by atoms with E-state index in [4.69, 9.17) is 14.2 Å². The standard InChI is InChI=1S/C23H24FN3O4S/c1-29-18-12-15(13-19(30-2)21(18)31-3)14-20-22(28)25-23(32-20)27-10-8-26(9-11-27)17-6-4-16(24)5-7-17/h4-7,12-14H,8-11H2,1-3H3/b20-14-. The number of hydrogen-bond acceptors (Lipinski definition) is 7. The van der Waals surface area contributed by atoms with Gasteiger partial charge in [-0.25, -0.2) is 4.39 Å². The highest BCUT2D eigenvalue weighted by atomic mass is 32.2. The fourth-order valence-electron chi connectivity index (χ4n) is 3.68. The maximum Gasteiger partial charge on any atom is 0.286 e. The Labute approximate surface area is 190 Å². The highest BCUT2D eigenvalue weighted by molar-refractivity contribution is 8.18. The summed E-state index contributed by atoms with van der Waals surface area (Å²) in [6.07, 6.45) is 1.78. The number of anilines is 1. The van der Waals surface area contributed by atoms with E-state index in [9.17, 15) is 9.18 Å². The second-order valence-electron chi connectivity index (χ2n) is 7.22. The quantitative estimate of drug-likeness (QED) is 0.635. The number of benzene rings is 2. The van der Waals surface area contributed by atoms with Gasteiger partial charge in [0.1, 0.15) is 5.82 Å². The van der Waals surface area contributed by atoms with Crippen molar-refractivity contribution in [2.75, 3.05) is 52.4 Å². The van der Waals surface area contributed by atoms with Gasteiger partial charge in [-0.15, -0.1) is 0 Å². The van der Waals surface area contributed by atoms with E-state index in [2.05, 4.69) is 14.8 Å². The fourth-order valence-corrected chi connectivity index (χ4v) is 4.64. The summed E-state index contributed by atoms with van der Waals surface area (Å²) in [5.41, 5.74) is 1.75. The number of carbonyl (C=O) groups is 1. The molecular formula is C23H24FN3O4S. The van der Waals surface area contributed by atoms with E-state index in [0.717, 1.165) is 37.4 Å². The van der Waals surface area contributed by atoms with Crippen molar-refractivity contribution in [1.82, 2.24) is 4.90 Å². The second-order valence-corrected chi connectivity index (χ2v) is 8.23. The first kappa shape index (κ1) is 22.0. The zero-order valence-electron chi connectivity index (χ0n) is 18.1. The number of thioether (sulfide) groups is 1. The molecule has 0 aliphatic carbocycles. The van der Waals surface area contributed by atoms with Crippen LogP contribution in [0.4, 0.5) is 10.1 Å². The average Bonchev–Trinajstić information content (AvgIpc) is 3.19. The molecule has 1 saturated heterocycles. The maximum absolute atomic E-state index is 13.2. The van der Waals surface area contributed by atoms with Crippen LogP contribution in [0.1, 0.15) is 5.56 Å². The summed E-state index contributed by atoms with van der Waals surface area (Å²) in [6.45, 7) is 3.00. The van der Waals surface area contributed by atoms with E-state index >= 15 is 0 Å². The molecule has 0 unspecified atom stereocenters. The van der Waals surface area contributed by atoms with Crippen molar-refractivity contribution in [2.45, 2.75) is 0 Å². The molecule has 9 heteroatoms. The number of rotatable bonds is 5. The minimum absolute atomic E-state index is 0.242. The number of amides is 1. The van der Waals surface area contributed by atoms with Gasteiger partial charge in [-0.1, -0.05) is 0 Å². The van der Waals surface area contributed by atoms with Gasteiger partial charge in [-0.3, -0.25) is 4.79 Å². The molecule has 0 spiro atoms. The van der Waals surface area contributed by atoms with Crippen molar-refractivity contribution < 1.29 is 23.4 Å². The van der Waals surface area contributed by atoms with Gasteiger partial charge in [-0.2, -0.15) is 4.99 Å². The Bertz CT molecular complexity index is 1040. The molecule has 4 rings (SSSR count). The molecule has 7 nitrogen and oxygen atoms in total. The first-order valence-corrected chi connectivity index (χ1v) is 10.9. The lowest BCUT2D eigenvalue weighted by Crippen LogP contribution is -2.47. The van der Waals surface area contributed by atoms with E-state index in [1.165, 1.54) is 23.9 Å². The minimum Gasteiger partial charge on any atom is -0.493 e. The van der Waals surface area contributed by atoms with Crippen LogP contribution in [0.2, 0.25) is 0 Å². The van der Waals surface area contributed by atoms with Gasteiger partial charge in [0.05, 0.1) is 26.2 Å². The average molecular weight is 458 g/mol. The molecule has 1 fully saturated rings. The number of aliphatic imine (C=N–C) groups is 1. The molecule has 0 N–H and O–H groups in total. The summed E-state index contributed by atoms with van der Waals surface area (Å²) in [5, 5.41) is 0.701. The number of carbonyl (C=O) groups excluding carboxylic acids is 1. The molecule has 0 bridgehead atoms. The van der Waals surface area contributed by atoms with Crippen LogP contribution in [0.5, 0.6) is 17.2 Å². The molecule has 0 saturated carbocycles. The van der Waals surface area contributed by atoms with Gasteiger partial charge < -0.3 is 24.0 Å². The Morgan fingerprint density at radius 2 is 1.53 bits per heavy atom. The number of hydrogen-bond donors (Lipinski definition) is 0. The van der Waals surface area contributed by atoms with Gasteiger partial charge in [-0.05, 0) is 59.8 Å². The molecule has 2 aromatic carbocycles. The van der Waals surface area contributed by atoms with Crippen LogP contribution < -0.4 is 19.1 Å². The molecular weight excluding hydrogens is 433 g/mol. The highest BCUT2D eigenvalue weighted by Gasteiger charge is 2.29. The van der Waals surface area contributed by atoms with E-state index in [0.29, 0.717) is 27.3 Å². The van der Waals surface area contributed by atoms with Crippen molar-refractivity contribution in [3.8, 4) is 17.2 Å². The Balaban J connectivity index is 1.45. The third-order valence-electron chi connectivity index (χ3n) is 5.34. The zero-order valence-corrected chi connectivity index (χ0v) is 18.9. The lowest BCUT2D eigenvalue weighted by atomic mass is 10.1. The van der Waals surface area contributed by atoms with Crippen molar-refractivity contribution >= 4 is 34.6 Å². The molecule has 2 aliphatic rings. The number of ether oxygens (including phenoxy) is 3. The Kier molecular flexibility index (Phi) is 6.55. The molecule has 1 amide bonds. The molecule has 2 heterocycles. The van der Waals surface area contributed by atoms with Gasteiger partial charge in [0.2, 0.25) is 5.75 Å². The molecule has 168 valence electrons. The SMILES string of the molecule is COc1cc(/C=C2\SC(N3CCN(c4ccc(F)cc4)CC3)=NC2=O)cc(OC)c1OC. The van der Waals surface area contributed by atoms with E-state index in [-0.39, 0.29) is 11.7 Å². The van der Waals surface area contributed by atoms with Crippen LogP contribution in [-0.4, -0.2) is 63.5 Å². The lowest BCUT2D eigenvalue weighted by Gasteiger charge is -2.36. The Morgan fingerprint density at radius 1 is 0.938 bits per heavy atom. The van der Waals surface area contributed by atoms with Gasteiger partial charge in [0.15, 0.2) is 16.7 Å². The predicted octanol–water partition coefficient (Wildman–Crippen LogP) is 3.64. The number of amidine groups is 1. The van der Waals surface area contributed by atoms with Crippen molar-refractivity contribution in [3.63, 3.8) is 0 Å². The molecule has 2 aliphatic heterocycles. The molecule has 0 atom stereocenters. The van der Waals surface area contributed by atoms with Crippen LogP contribution in [0.15, 0.2) is 46.3 Å². The largest absolute Gasteiger partial charge is 0.493 e. The van der Waals surface area contributed by atoms with Crippen molar-refractivity contribution in [1.29, 1.82) is 0 Å². The smallest absolute Gasteiger partial charge is 0.286 e. The highest BCUT2D eigenvalue weighted by Crippen LogP contribution is 2.40. The van der Waals surface area contributed by atoms with Crippen LogP contribution in [0.3, 0.4) is 0 Å². The summed E-state index contributed by atoms with van der Waals surface area (Å²) in [6, 6.07) is 10.1. The maximum atomic E-state index is 13.2. The normalized spacial score (nSPS) is 17.6. The molecule has 0 radical (unpaired) electrons. The van der Waals surface area contributed by atoms with E-state index in [1.807, 2.05) is 0 Å². The van der Waals surface area contributed by atoms with E-state index in [1.54, 1.807) is 51.7 Å². The summed E-state index contributed by atoms with van der Waals surface area (Å²) in [7, 11) is 4.65. The van der Waals surface area contributed by atoms with Crippen molar-refractivity contribution in [3.05, 3.63) is 52.7 Å². The monoisotopic (exact) mass is 457 g/mol. The third kappa shape index (κ3) is 4.52. The number of piperazine rings is 1. The third-order valence-corrected chi connectivity index (χ3v) is 6.38. The van der Waals surface area contributed by atoms with Crippen LogP contribution in [0.25, 0.3) is 6.08 Å². The van der Waals surface area contributed by atoms with Crippen LogP contribution >= 0.6 is 11.8 Å². The number of halogens is 1. The van der Waals surface area contributed by atoms with Crippen LogP contribution in [-0.2, 0) is 4.79 Å².